The summed E-state index contributed by atoms with van der Waals surface area (Å²) in [5, 5.41) is 0. The number of aryl methyl sites for hydroxylation is 1. The second-order valence-corrected chi connectivity index (χ2v) is 7.80. The smallest absolute Gasteiger partial charge is 0.326 e. The lowest BCUT2D eigenvalue weighted by Crippen LogP contribution is -2.28. The van der Waals surface area contributed by atoms with E-state index in [1.807, 2.05) is 37.3 Å². The van der Waals surface area contributed by atoms with E-state index in [2.05, 4.69) is 4.99 Å². The van der Waals surface area contributed by atoms with Gasteiger partial charge in [-0.05, 0) is 43.2 Å². The third kappa shape index (κ3) is 5.35. The summed E-state index contributed by atoms with van der Waals surface area (Å²) < 4.78 is 40.0. The van der Waals surface area contributed by atoms with Crippen molar-refractivity contribution in [1.29, 1.82) is 0 Å². The van der Waals surface area contributed by atoms with Gasteiger partial charge >= 0.3 is 12.2 Å². The summed E-state index contributed by atoms with van der Waals surface area (Å²) in [5.74, 6) is 0. The van der Waals surface area contributed by atoms with Crippen molar-refractivity contribution in [2.45, 2.75) is 19.5 Å². The van der Waals surface area contributed by atoms with Gasteiger partial charge in [0.1, 0.15) is 0 Å². The predicted octanol–water partition coefficient (Wildman–Crippen LogP) is 5.06. The molecule has 1 heterocycles. The maximum atomic E-state index is 12.8. The number of benzene rings is 2. The Balaban J connectivity index is 1.80. The zero-order chi connectivity index (χ0) is 21.0. The van der Waals surface area contributed by atoms with Crippen molar-refractivity contribution in [2.75, 3.05) is 13.6 Å². The molecular formula is C21H20F3N3OS. The predicted molar refractivity (Wildman–Crippen MR) is 107 cm³/mol. The Morgan fingerprint density at radius 1 is 1.10 bits per heavy atom. The third-order valence-corrected chi connectivity index (χ3v) is 5.24. The molecule has 0 radical (unpaired) electrons. The number of likely N-dealkylation sites (N-methyl/N-ethyl adjacent to an activating group) is 1. The standard InChI is InChI=1S/C21H20F3N3OS/c1-15-14-27(18-10-8-17(9-11-18)21(22,23)24)20(29-15)25-19(28)26(2)13-12-16-6-4-3-5-7-16/h3-11,14H,12-13H2,1-2H3. The summed E-state index contributed by atoms with van der Waals surface area (Å²) in [7, 11) is 1.68. The Morgan fingerprint density at radius 3 is 2.38 bits per heavy atom. The first-order valence-electron chi connectivity index (χ1n) is 8.94. The normalized spacial score (nSPS) is 12.2. The van der Waals surface area contributed by atoms with Gasteiger partial charge in [0.2, 0.25) is 0 Å². The van der Waals surface area contributed by atoms with Crippen LogP contribution in [0.1, 0.15) is 16.0 Å². The fourth-order valence-corrected chi connectivity index (χ4v) is 3.56. The van der Waals surface area contributed by atoms with Crippen molar-refractivity contribution >= 4 is 17.4 Å². The van der Waals surface area contributed by atoms with Crippen molar-refractivity contribution in [3.63, 3.8) is 0 Å². The molecule has 3 aromatic rings. The molecule has 3 rings (SSSR count). The van der Waals surface area contributed by atoms with Gasteiger partial charge in [0.05, 0.1) is 5.56 Å². The molecule has 0 N–H and O–H groups in total. The van der Waals surface area contributed by atoms with Crippen LogP contribution in [-0.4, -0.2) is 29.1 Å². The van der Waals surface area contributed by atoms with Gasteiger partial charge in [-0.2, -0.15) is 18.2 Å². The molecule has 2 aromatic carbocycles. The zero-order valence-electron chi connectivity index (χ0n) is 16.0. The largest absolute Gasteiger partial charge is 0.416 e. The number of nitrogens with zero attached hydrogens (tertiary/aromatic N) is 3. The lowest BCUT2D eigenvalue weighted by Gasteiger charge is -2.14. The van der Waals surface area contributed by atoms with Crippen molar-refractivity contribution in [1.82, 2.24) is 9.47 Å². The third-order valence-electron chi connectivity index (χ3n) is 4.34. The van der Waals surface area contributed by atoms with E-state index in [-0.39, 0.29) is 0 Å². The zero-order valence-corrected chi connectivity index (χ0v) is 16.8. The van der Waals surface area contributed by atoms with Crippen LogP contribution < -0.4 is 4.80 Å². The summed E-state index contributed by atoms with van der Waals surface area (Å²) in [6.07, 6.45) is -1.93. The van der Waals surface area contributed by atoms with Gasteiger partial charge in [-0.25, -0.2) is 4.79 Å². The molecule has 0 atom stereocenters. The molecule has 8 heteroatoms. The van der Waals surface area contributed by atoms with Gasteiger partial charge in [0, 0.05) is 30.4 Å². The average molecular weight is 419 g/mol. The Morgan fingerprint density at radius 2 is 1.76 bits per heavy atom. The number of alkyl halides is 3. The summed E-state index contributed by atoms with van der Waals surface area (Å²) in [6.45, 7) is 2.37. The maximum Gasteiger partial charge on any atom is 0.416 e. The molecule has 2 amide bonds. The molecule has 0 saturated heterocycles. The maximum absolute atomic E-state index is 12.8. The molecule has 0 aliphatic heterocycles. The number of hydrogen-bond donors (Lipinski definition) is 0. The minimum absolute atomic E-state index is 0.400. The van der Waals surface area contributed by atoms with Crippen LogP contribution in [0, 0.1) is 6.92 Å². The van der Waals surface area contributed by atoms with Gasteiger partial charge < -0.3 is 4.90 Å². The average Bonchev–Trinajstić information content (AvgIpc) is 3.06. The van der Waals surface area contributed by atoms with Crippen LogP contribution in [0.15, 0.2) is 65.8 Å². The van der Waals surface area contributed by atoms with Crippen LogP contribution in [-0.2, 0) is 12.6 Å². The number of halogens is 3. The van der Waals surface area contributed by atoms with Crippen LogP contribution in [0.3, 0.4) is 0 Å². The first-order valence-corrected chi connectivity index (χ1v) is 9.76. The lowest BCUT2D eigenvalue weighted by molar-refractivity contribution is -0.137. The van der Waals surface area contributed by atoms with E-state index < -0.39 is 17.8 Å². The number of carbonyl (C=O) groups is 1. The quantitative estimate of drug-likeness (QED) is 0.582. The summed E-state index contributed by atoms with van der Waals surface area (Å²) in [6, 6.07) is 14.2. The molecular weight excluding hydrogens is 399 g/mol. The van der Waals surface area contributed by atoms with E-state index in [9.17, 15) is 18.0 Å². The van der Waals surface area contributed by atoms with Gasteiger partial charge in [-0.3, -0.25) is 4.57 Å². The van der Waals surface area contributed by atoms with E-state index in [4.69, 9.17) is 0 Å². The van der Waals surface area contributed by atoms with Crippen molar-refractivity contribution in [2.24, 2.45) is 4.99 Å². The second-order valence-electron chi connectivity index (χ2n) is 6.59. The minimum Gasteiger partial charge on any atom is -0.326 e. The van der Waals surface area contributed by atoms with Gasteiger partial charge in [-0.1, -0.05) is 30.3 Å². The van der Waals surface area contributed by atoms with Crippen molar-refractivity contribution < 1.29 is 18.0 Å². The van der Waals surface area contributed by atoms with Crippen molar-refractivity contribution in [3.05, 3.63) is 81.6 Å². The summed E-state index contributed by atoms with van der Waals surface area (Å²) in [4.78, 5) is 19.5. The summed E-state index contributed by atoms with van der Waals surface area (Å²) >= 11 is 1.31. The van der Waals surface area contributed by atoms with Crippen LogP contribution >= 0.6 is 11.3 Å². The number of carbonyl (C=O) groups excluding carboxylic acids is 1. The molecule has 0 saturated carbocycles. The molecule has 29 heavy (non-hydrogen) atoms. The SMILES string of the molecule is Cc1cn(-c2ccc(C(F)(F)F)cc2)c(=NC(=O)N(C)CCc2ccccc2)s1. The summed E-state index contributed by atoms with van der Waals surface area (Å²) in [5.41, 5.74) is 0.920. The fourth-order valence-electron chi connectivity index (χ4n) is 2.73. The molecule has 4 nitrogen and oxygen atoms in total. The first kappa shape index (κ1) is 20.9. The van der Waals surface area contributed by atoms with E-state index in [0.29, 0.717) is 23.5 Å². The first-order chi connectivity index (χ1) is 13.7. The van der Waals surface area contributed by atoms with E-state index >= 15 is 0 Å². The van der Waals surface area contributed by atoms with Gasteiger partial charge in [0.25, 0.3) is 0 Å². The number of urea groups is 1. The molecule has 152 valence electrons. The van der Waals surface area contributed by atoms with Crippen LogP contribution in [0.2, 0.25) is 0 Å². The van der Waals surface area contributed by atoms with Crippen LogP contribution in [0.5, 0.6) is 0 Å². The second kappa shape index (κ2) is 8.65. The molecule has 0 fully saturated rings. The number of rotatable bonds is 4. The van der Waals surface area contributed by atoms with Crippen molar-refractivity contribution in [3.8, 4) is 5.69 Å². The van der Waals surface area contributed by atoms with Crippen LogP contribution in [0.4, 0.5) is 18.0 Å². The number of amides is 2. The highest BCUT2D eigenvalue weighted by atomic mass is 32.1. The molecule has 0 aliphatic rings. The number of thiazole rings is 1. The lowest BCUT2D eigenvalue weighted by atomic mass is 10.1. The Labute approximate surface area is 170 Å². The van der Waals surface area contributed by atoms with E-state index in [1.54, 1.807) is 17.8 Å². The number of hydrogen-bond acceptors (Lipinski definition) is 2. The molecule has 0 spiro atoms. The van der Waals surface area contributed by atoms with Crippen LogP contribution in [0.25, 0.3) is 5.69 Å². The Hall–Kier alpha value is -2.87. The molecule has 0 aliphatic carbocycles. The van der Waals surface area contributed by atoms with E-state index in [0.717, 1.165) is 22.6 Å². The fraction of sp³-hybridized carbons (Fsp3) is 0.238. The highest BCUT2D eigenvalue weighted by Gasteiger charge is 2.30. The Bertz CT molecular complexity index is 1040. The number of aromatic nitrogens is 1. The van der Waals surface area contributed by atoms with E-state index in [1.165, 1.54) is 28.4 Å². The molecule has 0 bridgehead atoms. The molecule has 1 aromatic heterocycles. The van der Waals surface area contributed by atoms with Gasteiger partial charge in [0.15, 0.2) is 4.80 Å². The Kier molecular flexibility index (Phi) is 6.22. The van der Waals surface area contributed by atoms with Gasteiger partial charge in [-0.15, -0.1) is 11.3 Å². The highest BCUT2D eigenvalue weighted by Crippen LogP contribution is 2.29. The minimum atomic E-state index is -4.39. The topological polar surface area (TPSA) is 37.6 Å². The monoisotopic (exact) mass is 419 g/mol. The molecule has 0 unspecified atom stereocenters. The highest BCUT2D eigenvalue weighted by molar-refractivity contribution is 7.09.